The number of H-pyrrole nitrogens is 1. The molecule has 7 nitrogen and oxygen atoms in total. The van der Waals surface area contributed by atoms with E-state index in [0.717, 1.165) is 16.1 Å². The summed E-state index contributed by atoms with van der Waals surface area (Å²) >= 11 is 1.60. The molecule has 0 saturated heterocycles. The van der Waals surface area contributed by atoms with Crippen LogP contribution >= 0.6 is 11.3 Å². The van der Waals surface area contributed by atoms with Crippen LogP contribution in [0.2, 0.25) is 0 Å². The number of hydrogen-bond donors (Lipinski definition) is 3. The topological polar surface area (TPSA) is 95.6 Å². The third kappa shape index (κ3) is 4.17. The molecule has 1 unspecified atom stereocenters. The Balaban J connectivity index is 1.49. The van der Waals surface area contributed by atoms with Crippen LogP contribution in [0.3, 0.4) is 0 Å². The molecule has 0 radical (unpaired) electrons. The molecular weight excluding hydrogens is 324 g/mol. The molecule has 24 heavy (non-hydrogen) atoms. The number of carbonyl (C=O) groups is 1. The lowest BCUT2D eigenvalue weighted by Crippen LogP contribution is -2.37. The third-order valence-corrected chi connectivity index (χ3v) is 4.52. The molecule has 0 bridgehead atoms. The molecule has 2 amide bonds. The molecule has 0 fully saturated rings. The summed E-state index contributed by atoms with van der Waals surface area (Å²) in [4.78, 5) is 20.3. The second kappa shape index (κ2) is 7.69. The Kier molecular flexibility index (Phi) is 5.17. The monoisotopic (exact) mass is 342 g/mol. The van der Waals surface area contributed by atoms with Crippen molar-refractivity contribution in [2.75, 3.05) is 6.54 Å². The van der Waals surface area contributed by atoms with Crippen LogP contribution in [0, 0.1) is 0 Å². The van der Waals surface area contributed by atoms with Gasteiger partial charge in [0.25, 0.3) is 0 Å². The van der Waals surface area contributed by atoms with Gasteiger partial charge in [-0.3, -0.25) is 5.10 Å². The van der Waals surface area contributed by atoms with E-state index in [1.54, 1.807) is 17.5 Å². The maximum atomic E-state index is 11.9. The van der Waals surface area contributed by atoms with Crippen LogP contribution in [-0.4, -0.2) is 32.7 Å². The Bertz CT molecular complexity index is 772. The first-order valence-electron chi connectivity index (χ1n) is 7.58. The number of amides is 2. The number of rotatable bonds is 6. The van der Waals surface area contributed by atoms with E-state index in [2.05, 4.69) is 30.8 Å². The van der Waals surface area contributed by atoms with Crippen LogP contribution in [0.25, 0.3) is 11.4 Å². The van der Waals surface area contributed by atoms with Gasteiger partial charge in [0, 0.05) is 36.1 Å². The van der Waals surface area contributed by atoms with E-state index in [1.807, 2.05) is 36.6 Å². The van der Waals surface area contributed by atoms with Gasteiger partial charge < -0.3 is 10.6 Å². The molecule has 1 aromatic carbocycles. The zero-order chi connectivity index (χ0) is 16.8. The van der Waals surface area contributed by atoms with E-state index in [1.165, 1.54) is 6.33 Å². The van der Waals surface area contributed by atoms with E-state index >= 15 is 0 Å². The number of nitrogens with zero attached hydrogens (tertiary/aromatic N) is 3. The first-order chi connectivity index (χ1) is 11.7. The zero-order valence-electron chi connectivity index (χ0n) is 13.2. The molecule has 124 valence electrons. The van der Waals surface area contributed by atoms with Crippen LogP contribution in [0.1, 0.15) is 23.4 Å². The average molecular weight is 342 g/mol. The number of aromatic nitrogens is 4. The van der Waals surface area contributed by atoms with Gasteiger partial charge in [0.1, 0.15) is 6.33 Å². The number of aromatic amines is 1. The number of carbonyl (C=O) groups excluding carboxylic acids is 1. The van der Waals surface area contributed by atoms with E-state index < -0.39 is 0 Å². The number of thiazole rings is 1. The number of urea groups is 1. The molecule has 8 heteroatoms. The highest BCUT2D eigenvalue weighted by Gasteiger charge is 2.10. The van der Waals surface area contributed by atoms with Gasteiger partial charge in [-0.15, -0.1) is 11.3 Å². The van der Waals surface area contributed by atoms with Crippen molar-refractivity contribution in [3.05, 3.63) is 52.7 Å². The lowest BCUT2D eigenvalue weighted by atomic mass is 10.1. The Labute approximate surface area is 143 Å². The lowest BCUT2D eigenvalue weighted by molar-refractivity contribution is 0.240. The minimum absolute atomic E-state index is 0.191. The van der Waals surface area contributed by atoms with Crippen LogP contribution in [0.5, 0.6) is 0 Å². The van der Waals surface area contributed by atoms with E-state index in [0.29, 0.717) is 18.9 Å². The Morgan fingerprint density at radius 3 is 3.00 bits per heavy atom. The number of nitrogens with one attached hydrogen (secondary N) is 3. The molecule has 0 aliphatic rings. The second-order valence-electron chi connectivity index (χ2n) is 5.37. The van der Waals surface area contributed by atoms with Crippen molar-refractivity contribution in [3.8, 4) is 11.4 Å². The molecule has 3 aromatic rings. The van der Waals surface area contributed by atoms with Crippen LogP contribution in [0.15, 0.2) is 42.2 Å². The van der Waals surface area contributed by atoms with Crippen molar-refractivity contribution in [2.45, 2.75) is 19.4 Å². The van der Waals surface area contributed by atoms with Crippen LogP contribution in [0.4, 0.5) is 4.79 Å². The maximum absolute atomic E-state index is 11.9. The summed E-state index contributed by atoms with van der Waals surface area (Å²) in [6.45, 7) is 3.04. The third-order valence-electron chi connectivity index (χ3n) is 3.51. The summed E-state index contributed by atoms with van der Waals surface area (Å²) < 4.78 is 0. The molecule has 2 aromatic heterocycles. The quantitative estimate of drug-likeness (QED) is 0.641. The highest BCUT2D eigenvalue weighted by molar-refractivity contribution is 7.09. The SMILES string of the molecule is CC(CNC(=O)NCc1cccc(-c2ncn[nH]2)c1)c1nccs1. The molecule has 2 heterocycles. The average Bonchev–Trinajstić information content (AvgIpc) is 3.31. The van der Waals surface area contributed by atoms with Gasteiger partial charge in [-0.1, -0.05) is 25.1 Å². The van der Waals surface area contributed by atoms with Gasteiger partial charge in [-0.25, -0.2) is 14.8 Å². The van der Waals surface area contributed by atoms with Gasteiger partial charge in [0.2, 0.25) is 0 Å². The Morgan fingerprint density at radius 2 is 2.25 bits per heavy atom. The van der Waals surface area contributed by atoms with Gasteiger partial charge in [0.05, 0.1) is 5.01 Å². The summed E-state index contributed by atoms with van der Waals surface area (Å²) in [6.07, 6.45) is 3.25. The fourth-order valence-electron chi connectivity index (χ4n) is 2.23. The van der Waals surface area contributed by atoms with Crippen LogP contribution in [-0.2, 0) is 6.54 Å². The van der Waals surface area contributed by atoms with Crippen molar-refractivity contribution in [1.29, 1.82) is 0 Å². The first kappa shape index (κ1) is 16.1. The molecular formula is C16H18N6OS. The standard InChI is InChI=1S/C16H18N6OS/c1-11(15-17-5-6-24-15)8-18-16(23)19-9-12-3-2-4-13(7-12)14-20-10-21-22-14/h2-7,10-11H,8-9H2,1H3,(H2,18,19,23)(H,20,21,22). The van der Waals surface area contributed by atoms with Gasteiger partial charge in [0.15, 0.2) is 5.82 Å². The van der Waals surface area contributed by atoms with Crippen molar-refractivity contribution in [3.63, 3.8) is 0 Å². The maximum Gasteiger partial charge on any atom is 0.315 e. The lowest BCUT2D eigenvalue weighted by Gasteiger charge is -2.11. The van der Waals surface area contributed by atoms with Crippen LogP contribution < -0.4 is 10.6 Å². The predicted octanol–water partition coefficient (Wildman–Crippen LogP) is 2.53. The predicted molar refractivity (Wildman–Crippen MR) is 92.6 cm³/mol. The summed E-state index contributed by atoms with van der Waals surface area (Å²) in [6, 6.07) is 7.61. The summed E-state index contributed by atoms with van der Waals surface area (Å²) in [5, 5.41) is 15.4. The number of benzene rings is 1. The summed E-state index contributed by atoms with van der Waals surface area (Å²) in [5.74, 6) is 0.907. The molecule has 0 aliphatic carbocycles. The van der Waals surface area contributed by atoms with Crippen molar-refractivity contribution in [2.24, 2.45) is 0 Å². The molecule has 3 N–H and O–H groups in total. The van der Waals surface area contributed by atoms with Gasteiger partial charge in [-0.2, -0.15) is 5.10 Å². The minimum atomic E-state index is -0.191. The molecule has 0 saturated carbocycles. The van der Waals surface area contributed by atoms with Crippen molar-refractivity contribution in [1.82, 2.24) is 30.8 Å². The fraction of sp³-hybridized carbons (Fsp3) is 0.250. The van der Waals surface area contributed by atoms with E-state index in [4.69, 9.17) is 0 Å². The minimum Gasteiger partial charge on any atom is -0.337 e. The van der Waals surface area contributed by atoms with Gasteiger partial charge in [-0.05, 0) is 11.6 Å². The second-order valence-corrected chi connectivity index (χ2v) is 6.30. The summed E-state index contributed by atoms with van der Waals surface area (Å²) in [7, 11) is 0. The molecule has 0 spiro atoms. The van der Waals surface area contributed by atoms with E-state index in [9.17, 15) is 4.79 Å². The normalized spacial score (nSPS) is 11.9. The summed E-state index contributed by atoms with van der Waals surface area (Å²) in [5.41, 5.74) is 1.93. The Hall–Kier alpha value is -2.74. The smallest absolute Gasteiger partial charge is 0.315 e. The fourth-order valence-corrected chi connectivity index (χ4v) is 2.93. The van der Waals surface area contributed by atoms with Gasteiger partial charge >= 0.3 is 6.03 Å². The molecule has 3 rings (SSSR count). The molecule has 0 aliphatic heterocycles. The Morgan fingerprint density at radius 1 is 1.33 bits per heavy atom. The van der Waals surface area contributed by atoms with Crippen molar-refractivity contribution < 1.29 is 4.79 Å². The highest BCUT2D eigenvalue weighted by atomic mass is 32.1. The highest BCUT2D eigenvalue weighted by Crippen LogP contribution is 2.16. The van der Waals surface area contributed by atoms with E-state index in [-0.39, 0.29) is 11.9 Å². The largest absolute Gasteiger partial charge is 0.337 e. The zero-order valence-corrected chi connectivity index (χ0v) is 14.0. The van der Waals surface area contributed by atoms with Crippen molar-refractivity contribution >= 4 is 17.4 Å². The molecule has 1 atom stereocenters. The number of hydrogen-bond acceptors (Lipinski definition) is 5. The first-order valence-corrected chi connectivity index (χ1v) is 8.46.